The number of fused-ring (bicyclic) bond motifs is 1. The largest absolute Gasteiger partial charge is 0.479 e. The molecule has 0 saturated carbocycles. The molecule has 1 aliphatic rings. The third kappa shape index (κ3) is 2.55. The Bertz CT molecular complexity index is 675. The number of nitrogens with one attached hydrogen (secondary N) is 1. The number of hydrogen-bond donors (Lipinski definition) is 2. The van der Waals surface area contributed by atoms with Crippen LogP contribution in [-0.4, -0.2) is 43.7 Å². The van der Waals surface area contributed by atoms with Crippen molar-refractivity contribution in [3.63, 3.8) is 0 Å². The van der Waals surface area contributed by atoms with Crippen molar-refractivity contribution in [2.45, 2.75) is 12.5 Å². The maximum atomic E-state index is 12.3. The average Bonchev–Trinajstić information content (AvgIpc) is 2.95. The van der Waals surface area contributed by atoms with Gasteiger partial charge in [0.2, 0.25) is 0 Å². The molecule has 0 aromatic carbocycles. The van der Waals surface area contributed by atoms with Crippen LogP contribution in [0, 0.1) is 0 Å². The van der Waals surface area contributed by atoms with Crippen LogP contribution in [0.25, 0.3) is 0 Å². The summed E-state index contributed by atoms with van der Waals surface area (Å²) in [5, 5.41) is 21.0. The summed E-state index contributed by atoms with van der Waals surface area (Å²) in [6.45, 7) is 0.330. The van der Waals surface area contributed by atoms with E-state index in [2.05, 4.69) is 20.5 Å². The molecule has 0 fully saturated rings. The van der Waals surface area contributed by atoms with Crippen molar-refractivity contribution in [2.75, 3.05) is 11.9 Å². The smallest absolute Gasteiger partial charge is 0.331 e. The Balaban J connectivity index is 1.84. The zero-order chi connectivity index (χ0) is 14.8. The van der Waals surface area contributed by atoms with E-state index in [1.807, 2.05) is 5.38 Å². The number of carbonyl (C=O) groups is 2. The number of aromatic nitrogens is 3. The molecule has 1 atom stereocenters. The highest BCUT2D eigenvalue weighted by Crippen LogP contribution is 2.33. The van der Waals surface area contributed by atoms with E-state index in [0.717, 1.165) is 4.88 Å². The number of rotatable bonds is 2. The molecule has 1 unspecified atom stereocenters. The van der Waals surface area contributed by atoms with Crippen molar-refractivity contribution >= 4 is 29.3 Å². The molecule has 9 heteroatoms. The van der Waals surface area contributed by atoms with E-state index >= 15 is 0 Å². The van der Waals surface area contributed by atoms with Crippen LogP contribution >= 0.6 is 11.3 Å². The summed E-state index contributed by atoms with van der Waals surface area (Å²) in [6, 6.07) is 0.211. The van der Waals surface area contributed by atoms with Gasteiger partial charge < -0.3 is 10.0 Å². The lowest BCUT2D eigenvalue weighted by Gasteiger charge is -2.32. The summed E-state index contributed by atoms with van der Waals surface area (Å²) in [5.74, 6) is -1.01. The molecule has 8 nitrogen and oxygen atoms in total. The van der Waals surface area contributed by atoms with Crippen LogP contribution in [0.4, 0.5) is 10.7 Å². The molecule has 2 amide bonds. The SMILES string of the molecule is O=C(O)C1c2ccsc2CCN1C(=O)Nc1nccnn1. The van der Waals surface area contributed by atoms with Crippen molar-refractivity contribution in [1.29, 1.82) is 0 Å². The molecular weight excluding hydrogens is 294 g/mol. The molecule has 1 aliphatic heterocycles. The summed E-state index contributed by atoms with van der Waals surface area (Å²) in [4.78, 5) is 29.9. The maximum absolute atomic E-state index is 12.3. The minimum atomic E-state index is -1.06. The number of nitrogens with zero attached hydrogens (tertiary/aromatic N) is 4. The molecule has 0 bridgehead atoms. The lowest BCUT2D eigenvalue weighted by molar-refractivity contribution is -0.142. The fraction of sp³-hybridized carbons (Fsp3) is 0.250. The van der Waals surface area contributed by atoms with Crippen LogP contribution in [0.3, 0.4) is 0 Å². The molecular formula is C12H11N5O3S. The van der Waals surface area contributed by atoms with E-state index in [1.165, 1.54) is 28.6 Å². The van der Waals surface area contributed by atoms with E-state index in [-0.39, 0.29) is 5.95 Å². The highest BCUT2D eigenvalue weighted by Gasteiger charge is 2.36. The van der Waals surface area contributed by atoms with Crippen LogP contribution in [0.2, 0.25) is 0 Å². The number of amides is 2. The second-order valence-electron chi connectivity index (χ2n) is 4.38. The Morgan fingerprint density at radius 1 is 1.43 bits per heavy atom. The lowest BCUT2D eigenvalue weighted by atomic mass is 10.0. The van der Waals surface area contributed by atoms with Gasteiger partial charge in [-0.2, -0.15) is 5.10 Å². The fourth-order valence-corrected chi connectivity index (χ4v) is 3.18. The second-order valence-corrected chi connectivity index (χ2v) is 5.38. The van der Waals surface area contributed by atoms with Gasteiger partial charge >= 0.3 is 12.0 Å². The molecule has 0 saturated heterocycles. The molecule has 3 heterocycles. The Hall–Kier alpha value is -2.55. The highest BCUT2D eigenvalue weighted by molar-refractivity contribution is 7.10. The van der Waals surface area contributed by atoms with Gasteiger partial charge in [-0.1, -0.05) is 0 Å². The topological polar surface area (TPSA) is 108 Å². The van der Waals surface area contributed by atoms with E-state index in [9.17, 15) is 14.7 Å². The third-order valence-electron chi connectivity index (χ3n) is 3.16. The zero-order valence-electron chi connectivity index (χ0n) is 10.8. The molecule has 0 radical (unpaired) electrons. The highest BCUT2D eigenvalue weighted by atomic mass is 32.1. The van der Waals surface area contributed by atoms with Gasteiger partial charge in [-0.25, -0.2) is 14.6 Å². The van der Waals surface area contributed by atoms with Gasteiger partial charge in [0, 0.05) is 11.4 Å². The number of thiophene rings is 1. The monoisotopic (exact) mass is 305 g/mol. The number of anilines is 1. The second kappa shape index (κ2) is 5.44. The summed E-state index contributed by atoms with van der Waals surface area (Å²) >= 11 is 1.51. The molecule has 2 aromatic heterocycles. The summed E-state index contributed by atoms with van der Waals surface area (Å²) in [5.41, 5.74) is 0.668. The minimum absolute atomic E-state index is 0.0442. The first-order valence-electron chi connectivity index (χ1n) is 6.17. The number of urea groups is 1. The molecule has 21 heavy (non-hydrogen) atoms. The molecule has 108 valence electrons. The Labute approximate surface area is 123 Å². The molecule has 0 aliphatic carbocycles. The minimum Gasteiger partial charge on any atom is -0.479 e. The van der Waals surface area contributed by atoms with Gasteiger partial charge in [0.25, 0.3) is 5.95 Å². The standard InChI is InChI=1S/C12H11N5O3S/c18-10(19)9-7-2-6-21-8(7)1-5-17(9)12(20)15-11-13-3-4-14-16-11/h2-4,6,9H,1,5H2,(H,18,19)(H,13,15,16,20). The van der Waals surface area contributed by atoms with Crippen LogP contribution in [0.15, 0.2) is 23.8 Å². The lowest BCUT2D eigenvalue weighted by Crippen LogP contribution is -2.45. The first kappa shape index (κ1) is 13.4. The van der Waals surface area contributed by atoms with E-state index in [0.29, 0.717) is 18.5 Å². The number of hydrogen-bond acceptors (Lipinski definition) is 6. The number of aliphatic carboxylic acids is 1. The van der Waals surface area contributed by atoms with Crippen molar-refractivity contribution in [3.05, 3.63) is 34.3 Å². The predicted octanol–water partition coefficient (Wildman–Crippen LogP) is 1.15. The zero-order valence-corrected chi connectivity index (χ0v) is 11.6. The van der Waals surface area contributed by atoms with E-state index < -0.39 is 18.0 Å². The van der Waals surface area contributed by atoms with Crippen molar-refractivity contribution in [1.82, 2.24) is 20.1 Å². The summed E-state index contributed by atoms with van der Waals surface area (Å²) in [6.07, 6.45) is 3.41. The van der Waals surface area contributed by atoms with Gasteiger partial charge in [-0.3, -0.25) is 5.32 Å². The van der Waals surface area contributed by atoms with Gasteiger partial charge in [0.15, 0.2) is 6.04 Å². The maximum Gasteiger partial charge on any atom is 0.331 e. The molecule has 2 N–H and O–H groups in total. The quantitative estimate of drug-likeness (QED) is 0.861. The fourth-order valence-electron chi connectivity index (χ4n) is 2.27. The normalized spacial score (nSPS) is 17.1. The molecule has 2 aromatic rings. The van der Waals surface area contributed by atoms with Gasteiger partial charge in [0.05, 0.1) is 12.4 Å². The third-order valence-corrected chi connectivity index (χ3v) is 4.16. The predicted molar refractivity (Wildman–Crippen MR) is 74.0 cm³/mol. The van der Waals surface area contributed by atoms with Crippen molar-refractivity contribution in [3.8, 4) is 0 Å². The Morgan fingerprint density at radius 3 is 3.00 bits per heavy atom. The summed E-state index contributed by atoms with van der Waals surface area (Å²) < 4.78 is 0. The first-order valence-corrected chi connectivity index (χ1v) is 7.05. The van der Waals surface area contributed by atoms with Crippen LogP contribution < -0.4 is 5.32 Å². The number of carboxylic acid groups (broad SMARTS) is 1. The van der Waals surface area contributed by atoms with E-state index in [1.54, 1.807) is 6.07 Å². The van der Waals surface area contributed by atoms with Crippen LogP contribution in [-0.2, 0) is 11.2 Å². The number of carbonyl (C=O) groups excluding carboxylic acids is 1. The van der Waals surface area contributed by atoms with Gasteiger partial charge in [0.1, 0.15) is 0 Å². The molecule has 0 spiro atoms. The number of carboxylic acids is 1. The average molecular weight is 305 g/mol. The van der Waals surface area contributed by atoms with Crippen LogP contribution in [0.5, 0.6) is 0 Å². The van der Waals surface area contributed by atoms with Crippen molar-refractivity contribution in [2.24, 2.45) is 0 Å². The van der Waals surface area contributed by atoms with E-state index in [4.69, 9.17) is 0 Å². The van der Waals surface area contributed by atoms with Gasteiger partial charge in [-0.15, -0.1) is 16.4 Å². The molecule has 3 rings (SSSR count). The summed E-state index contributed by atoms with van der Waals surface area (Å²) in [7, 11) is 0. The van der Waals surface area contributed by atoms with Crippen LogP contribution in [0.1, 0.15) is 16.5 Å². The van der Waals surface area contributed by atoms with Crippen molar-refractivity contribution < 1.29 is 14.7 Å². The Morgan fingerprint density at radius 2 is 2.29 bits per heavy atom. The Kier molecular flexibility index (Phi) is 3.48. The van der Waals surface area contributed by atoms with Gasteiger partial charge in [-0.05, 0) is 23.4 Å². The first-order chi connectivity index (χ1) is 10.2.